The topological polar surface area (TPSA) is 47.6 Å². The fourth-order valence-corrected chi connectivity index (χ4v) is 1.92. The molecule has 1 aliphatic heterocycles. The van der Waals surface area contributed by atoms with Crippen molar-refractivity contribution in [2.45, 2.75) is 18.9 Å². The van der Waals surface area contributed by atoms with Crippen LogP contribution in [0.5, 0.6) is 5.75 Å². The number of nitrogens with one attached hydrogen (secondary N) is 1. The summed E-state index contributed by atoms with van der Waals surface area (Å²) in [6.07, 6.45) is 1.62. The summed E-state index contributed by atoms with van der Waals surface area (Å²) in [4.78, 5) is 11.4. The summed E-state index contributed by atoms with van der Waals surface area (Å²) >= 11 is 0. The van der Waals surface area contributed by atoms with Gasteiger partial charge in [-0.3, -0.25) is 0 Å². The third-order valence-corrected chi connectivity index (χ3v) is 2.83. The van der Waals surface area contributed by atoms with Crippen LogP contribution in [0.15, 0.2) is 18.2 Å². The molecule has 1 aliphatic rings. The summed E-state index contributed by atoms with van der Waals surface area (Å²) in [6, 6.07) is 5.58. The molecule has 1 unspecified atom stereocenters. The number of methoxy groups -OCH3 is 2. The number of carbonyl (C=O) groups excluding carboxylic acids is 1. The Hall–Kier alpha value is -1.71. The van der Waals surface area contributed by atoms with E-state index in [9.17, 15) is 4.79 Å². The number of aryl methyl sites for hydroxylation is 1. The second kappa shape index (κ2) is 4.43. The van der Waals surface area contributed by atoms with Crippen molar-refractivity contribution in [3.8, 4) is 5.75 Å². The highest BCUT2D eigenvalue weighted by Gasteiger charge is 2.24. The normalized spacial score (nSPS) is 18.2. The Morgan fingerprint density at radius 1 is 1.44 bits per heavy atom. The zero-order valence-corrected chi connectivity index (χ0v) is 9.45. The van der Waals surface area contributed by atoms with Gasteiger partial charge in [0, 0.05) is 5.69 Å². The van der Waals surface area contributed by atoms with Gasteiger partial charge in [-0.25, -0.2) is 4.79 Å². The van der Waals surface area contributed by atoms with E-state index in [1.54, 1.807) is 7.11 Å². The molecule has 1 aromatic rings. The summed E-state index contributed by atoms with van der Waals surface area (Å²) in [5.41, 5.74) is 2.17. The summed E-state index contributed by atoms with van der Waals surface area (Å²) < 4.78 is 9.88. The van der Waals surface area contributed by atoms with Gasteiger partial charge in [-0.2, -0.15) is 0 Å². The van der Waals surface area contributed by atoms with E-state index in [0.29, 0.717) is 0 Å². The van der Waals surface area contributed by atoms with Crippen LogP contribution in [0.3, 0.4) is 0 Å². The SMILES string of the molecule is COC(=O)C1CCc2cc(OC)ccc2N1. The minimum atomic E-state index is -0.231. The van der Waals surface area contributed by atoms with Crippen LogP contribution in [0, 0.1) is 0 Å². The summed E-state index contributed by atoms with van der Waals surface area (Å²) in [6.45, 7) is 0. The average Bonchev–Trinajstić information content (AvgIpc) is 2.36. The Bertz CT molecular complexity index is 403. The Morgan fingerprint density at radius 3 is 2.94 bits per heavy atom. The molecule has 0 fully saturated rings. The molecular weight excluding hydrogens is 206 g/mol. The molecule has 4 nitrogen and oxygen atoms in total. The number of benzene rings is 1. The predicted octanol–water partition coefficient (Wildman–Crippen LogP) is 1.59. The van der Waals surface area contributed by atoms with Gasteiger partial charge < -0.3 is 14.8 Å². The van der Waals surface area contributed by atoms with Gasteiger partial charge in [0.2, 0.25) is 0 Å². The molecule has 0 radical (unpaired) electrons. The van der Waals surface area contributed by atoms with Crippen molar-refractivity contribution < 1.29 is 14.3 Å². The first kappa shape index (κ1) is 10.8. The molecule has 0 aromatic heterocycles. The number of carbonyl (C=O) groups is 1. The monoisotopic (exact) mass is 221 g/mol. The van der Waals surface area contributed by atoms with Crippen molar-refractivity contribution in [1.82, 2.24) is 0 Å². The lowest BCUT2D eigenvalue weighted by Gasteiger charge is -2.25. The van der Waals surface area contributed by atoms with Gasteiger partial charge in [-0.15, -0.1) is 0 Å². The first-order valence-electron chi connectivity index (χ1n) is 5.26. The minimum Gasteiger partial charge on any atom is -0.497 e. The molecule has 2 rings (SSSR count). The Morgan fingerprint density at radius 2 is 2.25 bits per heavy atom. The maximum absolute atomic E-state index is 11.4. The number of esters is 1. The Labute approximate surface area is 94.6 Å². The number of rotatable bonds is 2. The standard InChI is InChI=1S/C12H15NO3/c1-15-9-4-6-10-8(7-9)3-5-11(13-10)12(14)16-2/h4,6-7,11,13H,3,5H2,1-2H3. The van der Waals surface area contributed by atoms with E-state index in [-0.39, 0.29) is 12.0 Å². The number of hydrogen-bond acceptors (Lipinski definition) is 4. The Kier molecular flexibility index (Phi) is 2.99. The number of fused-ring (bicyclic) bond motifs is 1. The van der Waals surface area contributed by atoms with Crippen LogP contribution in [0.4, 0.5) is 5.69 Å². The molecule has 1 heterocycles. The summed E-state index contributed by atoms with van der Waals surface area (Å²) in [5, 5.41) is 3.17. The van der Waals surface area contributed by atoms with Gasteiger partial charge in [0.05, 0.1) is 14.2 Å². The van der Waals surface area contributed by atoms with Crippen LogP contribution < -0.4 is 10.1 Å². The molecule has 16 heavy (non-hydrogen) atoms. The van der Waals surface area contributed by atoms with Crippen molar-refractivity contribution in [2.24, 2.45) is 0 Å². The Balaban J connectivity index is 2.18. The number of ether oxygens (including phenoxy) is 2. The van der Waals surface area contributed by atoms with Gasteiger partial charge in [0.25, 0.3) is 0 Å². The van der Waals surface area contributed by atoms with Crippen molar-refractivity contribution in [1.29, 1.82) is 0 Å². The van der Waals surface area contributed by atoms with E-state index in [1.807, 2.05) is 18.2 Å². The number of hydrogen-bond donors (Lipinski definition) is 1. The molecule has 0 saturated heterocycles. The molecule has 0 saturated carbocycles. The van der Waals surface area contributed by atoms with Crippen LogP contribution in [-0.4, -0.2) is 26.2 Å². The quantitative estimate of drug-likeness (QED) is 0.770. The molecule has 1 N–H and O–H groups in total. The van der Waals surface area contributed by atoms with E-state index >= 15 is 0 Å². The highest BCUT2D eigenvalue weighted by atomic mass is 16.5. The van der Waals surface area contributed by atoms with Crippen LogP contribution in [0.1, 0.15) is 12.0 Å². The maximum atomic E-state index is 11.4. The van der Waals surface area contributed by atoms with Gasteiger partial charge >= 0.3 is 5.97 Å². The first-order valence-corrected chi connectivity index (χ1v) is 5.26. The molecule has 0 aliphatic carbocycles. The third-order valence-electron chi connectivity index (χ3n) is 2.83. The minimum absolute atomic E-state index is 0.207. The fourth-order valence-electron chi connectivity index (χ4n) is 1.92. The molecule has 1 atom stereocenters. The average molecular weight is 221 g/mol. The lowest BCUT2D eigenvalue weighted by molar-refractivity contribution is -0.141. The lowest BCUT2D eigenvalue weighted by Crippen LogP contribution is -2.34. The second-order valence-electron chi connectivity index (χ2n) is 3.78. The smallest absolute Gasteiger partial charge is 0.328 e. The van der Waals surface area contributed by atoms with Crippen molar-refractivity contribution in [3.05, 3.63) is 23.8 Å². The summed E-state index contributed by atoms with van der Waals surface area (Å²) in [7, 11) is 3.06. The summed E-state index contributed by atoms with van der Waals surface area (Å²) in [5.74, 6) is 0.638. The fraction of sp³-hybridized carbons (Fsp3) is 0.417. The van der Waals surface area contributed by atoms with Gasteiger partial charge in [0.1, 0.15) is 11.8 Å². The van der Waals surface area contributed by atoms with Crippen molar-refractivity contribution in [3.63, 3.8) is 0 Å². The second-order valence-corrected chi connectivity index (χ2v) is 3.78. The van der Waals surface area contributed by atoms with Gasteiger partial charge in [-0.05, 0) is 36.6 Å². The molecule has 0 bridgehead atoms. The van der Waals surface area contributed by atoms with E-state index < -0.39 is 0 Å². The van der Waals surface area contributed by atoms with Crippen molar-refractivity contribution >= 4 is 11.7 Å². The molecule has 1 aromatic carbocycles. The van der Waals surface area contributed by atoms with Crippen LogP contribution in [0.2, 0.25) is 0 Å². The molecule has 86 valence electrons. The molecule has 0 spiro atoms. The van der Waals surface area contributed by atoms with Gasteiger partial charge in [0.15, 0.2) is 0 Å². The van der Waals surface area contributed by atoms with E-state index in [2.05, 4.69) is 5.32 Å². The highest BCUT2D eigenvalue weighted by molar-refractivity contribution is 5.80. The zero-order chi connectivity index (χ0) is 11.5. The molecular formula is C12H15NO3. The predicted molar refractivity (Wildman–Crippen MR) is 60.7 cm³/mol. The van der Waals surface area contributed by atoms with Gasteiger partial charge in [-0.1, -0.05) is 0 Å². The van der Waals surface area contributed by atoms with Crippen LogP contribution in [-0.2, 0) is 16.0 Å². The zero-order valence-electron chi connectivity index (χ0n) is 9.45. The van der Waals surface area contributed by atoms with E-state index in [4.69, 9.17) is 9.47 Å². The lowest BCUT2D eigenvalue weighted by atomic mass is 9.98. The largest absolute Gasteiger partial charge is 0.497 e. The molecule has 0 amide bonds. The van der Waals surface area contributed by atoms with E-state index in [0.717, 1.165) is 24.3 Å². The molecule has 4 heteroatoms. The van der Waals surface area contributed by atoms with Crippen LogP contribution in [0.25, 0.3) is 0 Å². The van der Waals surface area contributed by atoms with E-state index in [1.165, 1.54) is 12.7 Å². The van der Waals surface area contributed by atoms with Crippen molar-refractivity contribution in [2.75, 3.05) is 19.5 Å². The number of anilines is 1. The third kappa shape index (κ3) is 1.96. The highest BCUT2D eigenvalue weighted by Crippen LogP contribution is 2.28. The first-order chi connectivity index (χ1) is 7.74. The van der Waals surface area contributed by atoms with Crippen LogP contribution >= 0.6 is 0 Å². The maximum Gasteiger partial charge on any atom is 0.328 e.